The zero-order chi connectivity index (χ0) is 15.3. The minimum Gasteiger partial charge on any atom is -0.497 e. The highest BCUT2D eigenvalue weighted by Crippen LogP contribution is 2.19. The molecule has 0 radical (unpaired) electrons. The highest BCUT2D eigenvalue weighted by atomic mass is 16.6. The molecule has 0 heterocycles. The number of carbonyl (C=O) groups is 1. The van der Waals surface area contributed by atoms with Gasteiger partial charge in [0.2, 0.25) is 0 Å². The van der Waals surface area contributed by atoms with Crippen LogP contribution >= 0.6 is 0 Å². The molecule has 0 saturated heterocycles. The maximum atomic E-state index is 11.9. The average molecular weight is 279 g/mol. The van der Waals surface area contributed by atoms with Crippen molar-refractivity contribution in [3.63, 3.8) is 0 Å². The Morgan fingerprint density at radius 3 is 2.45 bits per heavy atom. The Morgan fingerprint density at radius 2 is 1.90 bits per heavy atom. The minimum absolute atomic E-state index is 0.0348. The highest BCUT2D eigenvalue weighted by molar-refractivity contribution is 5.75. The molecule has 4 heteroatoms. The van der Waals surface area contributed by atoms with Crippen molar-refractivity contribution in [3.8, 4) is 5.75 Å². The molecule has 20 heavy (non-hydrogen) atoms. The van der Waals surface area contributed by atoms with Gasteiger partial charge < -0.3 is 9.47 Å². The fourth-order valence-electron chi connectivity index (χ4n) is 1.84. The smallest absolute Gasteiger partial charge is 0.323 e. The van der Waals surface area contributed by atoms with Crippen LogP contribution in [0.3, 0.4) is 0 Å². The molecule has 4 nitrogen and oxygen atoms in total. The van der Waals surface area contributed by atoms with Crippen LogP contribution < -0.4 is 10.1 Å². The fourth-order valence-corrected chi connectivity index (χ4v) is 1.84. The minimum atomic E-state index is -0.466. The van der Waals surface area contributed by atoms with Gasteiger partial charge in [-0.2, -0.15) is 0 Å². The number of carbonyl (C=O) groups excluding carboxylic acids is 1. The quantitative estimate of drug-likeness (QED) is 0.841. The van der Waals surface area contributed by atoms with Crippen LogP contribution in [0.2, 0.25) is 0 Å². The summed E-state index contributed by atoms with van der Waals surface area (Å²) in [6.45, 7) is 9.41. The molecular formula is C16H25NO3. The lowest BCUT2D eigenvalue weighted by Crippen LogP contribution is -2.40. The van der Waals surface area contributed by atoms with Gasteiger partial charge in [0.15, 0.2) is 0 Å². The number of hydrogen-bond donors (Lipinski definition) is 1. The largest absolute Gasteiger partial charge is 0.497 e. The zero-order valence-electron chi connectivity index (χ0n) is 13.2. The molecule has 2 atom stereocenters. The second kappa shape index (κ2) is 6.75. The van der Waals surface area contributed by atoms with Crippen LogP contribution in [-0.2, 0) is 9.53 Å². The second-order valence-corrected chi connectivity index (χ2v) is 5.92. The third-order valence-corrected chi connectivity index (χ3v) is 2.85. The fraction of sp³-hybridized carbons (Fsp3) is 0.562. The van der Waals surface area contributed by atoms with E-state index in [4.69, 9.17) is 9.47 Å². The summed E-state index contributed by atoms with van der Waals surface area (Å²) >= 11 is 0. The van der Waals surface area contributed by atoms with E-state index in [2.05, 4.69) is 5.32 Å². The van der Waals surface area contributed by atoms with Crippen molar-refractivity contribution in [1.29, 1.82) is 0 Å². The first-order valence-electron chi connectivity index (χ1n) is 6.86. The third-order valence-electron chi connectivity index (χ3n) is 2.85. The monoisotopic (exact) mass is 279 g/mol. The third kappa shape index (κ3) is 5.21. The molecule has 0 amide bonds. The van der Waals surface area contributed by atoms with Gasteiger partial charge >= 0.3 is 5.97 Å². The maximum absolute atomic E-state index is 11.9. The van der Waals surface area contributed by atoms with E-state index in [1.54, 1.807) is 7.11 Å². The number of benzene rings is 1. The summed E-state index contributed by atoms with van der Waals surface area (Å²) in [4.78, 5) is 11.9. The van der Waals surface area contributed by atoms with Gasteiger partial charge in [0, 0.05) is 6.04 Å². The van der Waals surface area contributed by atoms with Gasteiger partial charge in [0.1, 0.15) is 17.4 Å². The number of ether oxygens (including phenoxy) is 2. The van der Waals surface area contributed by atoms with Crippen molar-refractivity contribution in [3.05, 3.63) is 29.8 Å². The molecule has 0 saturated carbocycles. The standard InChI is InChI=1S/C16H25NO3/c1-11(13-8-7-9-14(10-13)19-6)17-12(2)15(18)20-16(3,4)5/h7-12,17H,1-6H3/t11-,12?/m0/s1. The van der Waals surface area contributed by atoms with E-state index in [-0.39, 0.29) is 18.1 Å². The van der Waals surface area contributed by atoms with Gasteiger partial charge in [-0.3, -0.25) is 10.1 Å². The summed E-state index contributed by atoms with van der Waals surface area (Å²) in [5.41, 5.74) is 0.603. The first-order chi connectivity index (χ1) is 9.23. The summed E-state index contributed by atoms with van der Waals surface area (Å²) in [6.07, 6.45) is 0. The summed E-state index contributed by atoms with van der Waals surface area (Å²) in [5, 5.41) is 3.24. The van der Waals surface area contributed by atoms with E-state index in [0.717, 1.165) is 11.3 Å². The lowest BCUT2D eigenvalue weighted by atomic mass is 10.1. The number of hydrogen-bond acceptors (Lipinski definition) is 4. The number of nitrogens with one attached hydrogen (secondary N) is 1. The molecule has 0 spiro atoms. The van der Waals surface area contributed by atoms with Crippen molar-refractivity contribution in [2.75, 3.05) is 7.11 Å². The van der Waals surface area contributed by atoms with Gasteiger partial charge in [-0.25, -0.2) is 0 Å². The predicted molar refractivity (Wildman–Crippen MR) is 79.9 cm³/mol. The number of rotatable bonds is 5. The van der Waals surface area contributed by atoms with Crippen LogP contribution in [-0.4, -0.2) is 24.7 Å². The summed E-state index contributed by atoms with van der Waals surface area (Å²) in [7, 11) is 1.64. The van der Waals surface area contributed by atoms with Gasteiger partial charge in [-0.05, 0) is 52.3 Å². The summed E-state index contributed by atoms with van der Waals surface area (Å²) in [6, 6.07) is 7.46. The highest BCUT2D eigenvalue weighted by Gasteiger charge is 2.23. The first-order valence-corrected chi connectivity index (χ1v) is 6.86. The lowest BCUT2D eigenvalue weighted by Gasteiger charge is -2.25. The lowest BCUT2D eigenvalue weighted by molar-refractivity contribution is -0.157. The Balaban J connectivity index is 2.65. The first kappa shape index (κ1) is 16.5. The predicted octanol–water partition coefficient (Wildman–Crippen LogP) is 3.08. The van der Waals surface area contributed by atoms with Crippen LogP contribution in [0.15, 0.2) is 24.3 Å². The van der Waals surface area contributed by atoms with Crippen molar-refractivity contribution < 1.29 is 14.3 Å². The molecule has 0 fully saturated rings. The molecule has 1 unspecified atom stereocenters. The van der Waals surface area contributed by atoms with Crippen LogP contribution in [0.1, 0.15) is 46.2 Å². The van der Waals surface area contributed by atoms with Crippen LogP contribution in [0.25, 0.3) is 0 Å². The molecule has 0 aliphatic carbocycles. The Bertz CT molecular complexity index is 451. The Kier molecular flexibility index (Phi) is 5.57. The van der Waals surface area contributed by atoms with E-state index < -0.39 is 5.60 Å². The van der Waals surface area contributed by atoms with E-state index >= 15 is 0 Å². The molecule has 0 aromatic heterocycles. The topological polar surface area (TPSA) is 47.6 Å². The summed E-state index contributed by atoms with van der Waals surface area (Å²) in [5.74, 6) is 0.563. The van der Waals surface area contributed by atoms with Crippen molar-refractivity contribution in [1.82, 2.24) is 5.32 Å². The Morgan fingerprint density at radius 1 is 1.25 bits per heavy atom. The van der Waals surface area contributed by atoms with Crippen LogP contribution in [0.5, 0.6) is 5.75 Å². The van der Waals surface area contributed by atoms with E-state index in [9.17, 15) is 4.79 Å². The Labute approximate surface area is 121 Å². The Hall–Kier alpha value is -1.55. The number of methoxy groups -OCH3 is 1. The average Bonchev–Trinajstić information content (AvgIpc) is 2.36. The van der Waals surface area contributed by atoms with E-state index in [1.165, 1.54) is 0 Å². The molecule has 1 N–H and O–H groups in total. The molecular weight excluding hydrogens is 254 g/mol. The molecule has 1 aromatic rings. The maximum Gasteiger partial charge on any atom is 0.323 e. The van der Waals surface area contributed by atoms with Crippen LogP contribution in [0.4, 0.5) is 0 Å². The van der Waals surface area contributed by atoms with Gasteiger partial charge in [0.05, 0.1) is 7.11 Å². The van der Waals surface area contributed by atoms with E-state index in [0.29, 0.717) is 0 Å². The molecule has 0 aliphatic heterocycles. The number of esters is 1. The SMILES string of the molecule is COc1cccc([C@H](C)NC(C)C(=O)OC(C)(C)C)c1. The van der Waals surface area contributed by atoms with Crippen molar-refractivity contribution in [2.45, 2.75) is 52.3 Å². The second-order valence-electron chi connectivity index (χ2n) is 5.92. The van der Waals surface area contributed by atoms with Crippen LogP contribution in [0, 0.1) is 0 Å². The molecule has 0 aliphatic rings. The van der Waals surface area contributed by atoms with Gasteiger partial charge in [-0.15, -0.1) is 0 Å². The molecule has 0 bridgehead atoms. The van der Waals surface area contributed by atoms with Gasteiger partial charge in [0.25, 0.3) is 0 Å². The van der Waals surface area contributed by atoms with Gasteiger partial charge in [-0.1, -0.05) is 12.1 Å². The van der Waals surface area contributed by atoms with Crippen molar-refractivity contribution >= 4 is 5.97 Å². The molecule has 1 rings (SSSR count). The van der Waals surface area contributed by atoms with Crippen molar-refractivity contribution in [2.24, 2.45) is 0 Å². The zero-order valence-corrected chi connectivity index (χ0v) is 13.2. The molecule has 1 aromatic carbocycles. The summed E-state index contributed by atoms with van der Waals surface area (Å²) < 4.78 is 10.6. The normalized spacial score (nSPS) is 14.5. The van der Waals surface area contributed by atoms with E-state index in [1.807, 2.05) is 58.9 Å². The molecule has 112 valence electrons.